The molecule has 0 bridgehead atoms. The molecule has 2 fully saturated rings. The van der Waals surface area contributed by atoms with Crippen LogP contribution in [0.5, 0.6) is 0 Å². The van der Waals surface area contributed by atoms with Crippen molar-refractivity contribution in [1.82, 2.24) is 15.2 Å². The van der Waals surface area contributed by atoms with Crippen LogP contribution in [0.2, 0.25) is 0 Å². The molecular weight excluding hydrogens is 392 g/mol. The molecule has 1 aliphatic heterocycles. The van der Waals surface area contributed by atoms with Crippen molar-refractivity contribution in [3.8, 4) is 0 Å². The number of aromatic nitrogens is 1. The van der Waals surface area contributed by atoms with Crippen LogP contribution in [-0.4, -0.2) is 52.0 Å². The van der Waals surface area contributed by atoms with Gasteiger partial charge in [0.15, 0.2) is 0 Å². The Hall–Kier alpha value is -2.93. The fourth-order valence-corrected chi connectivity index (χ4v) is 4.77. The van der Waals surface area contributed by atoms with Gasteiger partial charge in [-0.25, -0.2) is 4.98 Å². The largest absolute Gasteiger partial charge is 0.391 e. The van der Waals surface area contributed by atoms with Gasteiger partial charge in [-0.2, -0.15) is 0 Å². The van der Waals surface area contributed by atoms with E-state index in [1.807, 2.05) is 35.2 Å². The third-order valence-corrected chi connectivity index (χ3v) is 6.58. The Kier molecular flexibility index (Phi) is 6.51. The Morgan fingerprint density at radius 2 is 1.77 bits per heavy atom. The summed E-state index contributed by atoms with van der Waals surface area (Å²) in [6.45, 7) is 1.06. The zero-order chi connectivity index (χ0) is 21.8. The highest BCUT2D eigenvalue weighted by molar-refractivity contribution is 5.94. The first-order chi connectivity index (χ1) is 15.0. The molecule has 31 heavy (non-hydrogen) atoms. The Balaban J connectivity index is 1.26. The second-order valence-corrected chi connectivity index (χ2v) is 8.65. The number of aliphatic hydroxyl groups excluding tert-OH is 1. The molecule has 2 atom stereocenters. The highest BCUT2D eigenvalue weighted by atomic mass is 16.3. The second kappa shape index (κ2) is 9.47. The van der Waals surface area contributed by atoms with Gasteiger partial charge in [0.25, 0.3) is 5.91 Å². The summed E-state index contributed by atoms with van der Waals surface area (Å²) in [5.74, 6) is 0.408. The molecule has 2 aromatic rings. The van der Waals surface area contributed by atoms with Crippen molar-refractivity contribution < 1.29 is 14.7 Å². The fraction of sp³-hybridized carbons (Fsp3) is 0.458. The van der Waals surface area contributed by atoms with Gasteiger partial charge in [0, 0.05) is 37.2 Å². The number of carbonyl (C=O) groups is 2. The van der Waals surface area contributed by atoms with Crippen LogP contribution in [0, 0.1) is 5.92 Å². The van der Waals surface area contributed by atoms with Gasteiger partial charge in [0.1, 0.15) is 5.82 Å². The summed E-state index contributed by atoms with van der Waals surface area (Å²) in [5, 5.41) is 13.7. The standard InChI is InChI=1S/C24H30N4O3/c25-22-11-8-18(14-26-22)23(30)27-19-9-6-17(7-10-19)24(31)28-13-12-20(21(29)15-28)16-4-2-1-3-5-16/h1-5,8,11,14,17,19-21,29H,6-7,9-10,12-13,15H2,(H2,25,26)(H,27,30)/t17?,19?,20-,21+/m0/s1. The highest BCUT2D eigenvalue weighted by Gasteiger charge is 2.35. The number of rotatable bonds is 4. The molecule has 7 heteroatoms. The lowest BCUT2D eigenvalue weighted by molar-refractivity contribution is -0.140. The van der Waals surface area contributed by atoms with E-state index in [0.717, 1.165) is 37.7 Å². The summed E-state index contributed by atoms with van der Waals surface area (Å²) in [6, 6.07) is 13.4. The third kappa shape index (κ3) is 5.05. The Morgan fingerprint density at radius 3 is 2.42 bits per heavy atom. The molecule has 2 heterocycles. The number of anilines is 1. The van der Waals surface area contributed by atoms with E-state index < -0.39 is 6.10 Å². The van der Waals surface area contributed by atoms with Crippen LogP contribution < -0.4 is 11.1 Å². The van der Waals surface area contributed by atoms with E-state index >= 15 is 0 Å². The minimum Gasteiger partial charge on any atom is -0.391 e. The molecule has 1 aromatic carbocycles. The first-order valence-corrected chi connectivity index (χ1v) is 11.1. The minimum atomic E-state index is -0.538. The zero-order valence-corrected chi connectivity index (χ0v) is 17.6. The number of hydrogen-bond donors (Lipinski definition) is 3. The quantitative estimate of drug-likeness (QED) is 0.701. The van der Waals surface area contributed by atoms with Crippen LogP contribution in [0.4, 0.5) is 5.82 Å². The van der Waals surface area contributed by atoms with Gasteiger partial charge in [-0.1, -0.05) is 30.3 Å². The average Bonchev–Trinajstić information content (AvgIpc) is 2.80. The van der Waals surface area contributed by atoms with Crippen molar-refractivity contribution in [2.45, 2.75) is 50.2 Å². The lowest BCUT2D eigenvalue weighted by Gasteiger charge is -2.39. The number of pyridine rings is 1. The second-order valence-electron chi connectivity index (χ2n) is 8.65. The van der Waals surface area contributed by atoms with Gasteiger partial charge >= 0.3 is 0 Å². The van der Waals surface area contributed by atoms with E-state index in [2.05, 4.69) is 10.3 Å². The third-order valence-electron chi connectivity index (χ3n) is 6.58. The van der Waals surface area contributed by atoms with Crippen molar-refractivity contribution in [3.63, 3.8) is 0 Å². The molecule has 1 saturated heterocycles. The van der Waals surface area contributed by atoms with E-state index in [0.29, 0.717) is 24.5 Å². The van der Waals surface area contributed by atoms with Gasteiger partial charge in [-0.15, -0.1) is 0 Å². The maximum atomic E-state index is 13.0. The number of likely N-dealkylation sites (tertiary alicyclic amines) is 1. The Bertz CT molecular complexity index is 895. The molecule has 1 saturated carbocycles. The number of nitrogens with two attached hydrogens (primary N) is 1. The van der Waals surface area contributed by atoms with Gasteiger partial charge in [0.05, 0.1) is 11.7 Å². The van der Waals surface area contributed by atoms with Crippen LogP contribution in [-0.2, 0) is 4.79 Å². The average molecular weight is 423 g/mol. The number of nitrogen functional groups attached to an aromatic ring is 1. The number of amides is 2. The van der Waals surface area contributed by atoms with Crippen LogP contribution >= 0.6 is 0 Å². The summed E-state index contributed by atoms with van der Waals surface area (Å²) in [4.78, 5) is 31.2. The summed E-state index contributed by atoms with van der Waals surface area (Å²) in [7, 11) is 0. The van der Waals surface area contributed by atoms with Gasteiger partial charge < -0.3 is 21.1 Å². The predicted molar refractivity (Wildman–Crippen MR) is 118 cm³/mol. The molecule has 4 N–H and O–H groups in total. The van der Waals surface area contributed by atoms with Crippen molar-refractivity contribution >= 4 is 17.6 Å². The van der Waals surface area contributed by atoms with E-state index in [9.17, 15) is 14.7 Å². The number of benzene rings is 1. The number of β-amino-alcohol motifs (C(OH)–C–C–N with tert-alkyl or cyclic N) is 1. The molecule has 0 unspecified atom stereocenters. The number of aliphatic hydroxyl groups is 1. The normalized spacial score (nSPS) is 26.3. The van der Waals surface area contributed by atoms with Crippen molar-refractivity contribution in [2.75, 3.05) is 18.8 Å². The van der Waals surface area contributed by atoms with Crippen molar-refractivity contribution in [3.05, 3.63) is 59.8 Å². The molecule has 0 radical (unpaired) electrons. The number of nitrogens with zero attached hydrogens (tertiary/aromatic N) is 2. The molecule has 164 valence electrons. The molecule has 2 amide bonds. The molecule has 1 aliphatic carbocycles. The zero-order valence-electron chi connectivity index (χ0n) is 17.6. The van der Waals surface area contributed by atoms with E-state index in [4.69, 9.17) is 5.73 Å². The number of carbonyl (C=O) groups excluding carboxylic acids is 2. The SMILES string of the molecule is Nc1ccc(C(=O)NC2CCC(C(=O)N3CC[C@@H](c4ccccc4)[C@H](O)C3)CC2)cn1. The van der Waals surface area contributed by atoms with Crippen LogP contribution in [0.1, 0.15) is 53.9 Å². The van der Waals surface area contributed by atoms with Crippen molar-refractivity contribution in [1.29, 1.82) is 0 Å². The number of hydrogen-bond acceptors (Lipinski definition) is 5. The number of piperidine rings is 1. The predicted octanol–water partition coefficient (Wildman–Crippen LogP) is 2.33. The van der Waals surface area contributed by atoms with Crippen LogP contribution in [0.25, 0.3) is 0 Å². The lowest BCUT2D eigenvalue weighted by Crippen LogP contribution is -2.49. The maximum absolute atomic E-state index is 13.0. The van der Waals surface area contributed by atoms with E-state index in [1.165, 1.54) is 6.20 Å². The Labute approximate surface area is 182 Å². The van der Waals surface area contributed by atoms with Gasteiger partial charge in [0.2, 0.25) is 5.91 Å². The number of nitrogens with one attached hydrogen (secondary N) is 1. The minimum absolute atomic E-state index is 0.0354. The lowest BCUT2D eigenvalue weighted by atomic mass is 9.83. The maximum Gasteiger partial charge on any atom is 0.253 e. The monoisotopic (exact) mass is 422 g/mol. The molecule has 7 nitrogen and oxygen atoms in total. The Morgan fingerprint density at radius 1 is 1.03 bits per heavy atom. The topological polar surface area (TPSA) is 109 Å². The van der Waals surface area contributed by atoms with E-state index in [-0.39, 0.29) is 29.7 Å². The summed E-state index contributed by atoms with van der Waals surface area (Å²) in [6.07, 6.45) is 4.75. The van der Waals surface area contributed by atoms with Gasteiger partial charge in [-0.3, -0.25) is 9.59 Å². The fourth-order valence-electron chi connectivity index (χ4n) is 4.77. The highest BCUT2D eigenvalue weighted by Crippen LogP contribution is 2.31. The summed E-state index contributed by atoms with van der Waals surface area (Å²) >= 11 is 0. The molecule has 0 spiro atoms. The van der Waals surface area contributed by atoms with Crippen molar-refractivity contribution in [2.24, 2.45) is 5.92 Å². The molecule has 1 aromatic heterocycles. The van der Waals surface area contributed by atoms with E-state index in [1.54, 1.807) is 12.1 Å². The van der Waals surface area contributed by atoms with Crippen LogP contribution in [0.3, 0.4) is 0 Å². The molecular formula is C24H30N4O3. The first-order valence-electron chi connectivity index (χ1n) is 11.1. The smallest absolute Gasteiger partial charge is 0.253 e. The summed E-state index contributed by atoms with van der Waals surface area (Å²) < 4.78 is 0. The molecule has 4 rings (SSSR count). The van der Waals surface area contributed by atoms with Crippen LogP contribution in [0.15, 0.2) is 48.7 Å². The van der Waals surface area contributed by atoms with Gasteiger partial charge in [-0.05, 0) is 49.8 Å². The summed E-state index contributed by atoms with van der Waals surface area (Å²) in [5.41, 5.74) is 7.19. The molecule has 2 aliphatic rings. The first kappa shape index (κ1) is 21.3.